The van der Waals surface area contributed by atoms with Crippen LogP contribution >= 0.6 is 0 Å². The molecule has 8 heteroatoms. The molecule has 1 aliphatic rings. The van der Waals surface area contributed by atoms with E-state index in [-0.39, 0.29) is 25.1 Å². The fraction of sp³-hybridized carbons (Fsp3) is 0.250. The number of hydrogen-bond acceptors (Lipinski definition) is 6. The third-order valence-corrected chi connectivity index (χ3v) is 4.37. The van der Waals surface area contributed by atoms with Crippen LogP contribution in [0.3, 0.4) is 0 Å². The molecule has 0 radical (unpaired) electrons. The number of amides is 2. The highest BCUT2D eigenvalue weighted by atomic mass is 16.5. The Morgan fingerprint density at radius 3 is 2.61 bits per heavy atom. The number of ether oxygens (including phenoxy) is 1. The third-order valence-electron chi connectivity index (χ3n) is 4.37. The van der Waals surface area contributed by atoms with Crippen molar-refractivity contribution in [3.63, 3.8) is 0 Å². The molecule has 0 bridgehead atoms. The summed E-state index contributed by atoms with van der Waals surface area (Å²) in [5.74, 6) is -1.35. The van der Waals surface area contributed by atoms with Crippen molar-refractivity contribution >= 4 is 23.5 Å². The molecule has 0 aromatic heterocycles. The number of ketones is 1. The lowest BCUT2D eigenvalue weighted by atomic mass is 9.99. The summed E-state index contributed by atoms with van der Waals surface area (Å²) in [7, 11) is 0. The molecule has 1 heterocycles. The van der Waals surface area contributed by atoms with E-state index in [1.807, 2.05) is 30.3 Å². The molecule has 2 atom stereocenters. The van der Waals surface area contributed by atoms with Crippen LogP contribution in [-0.4, -0.2) is 40.6 Å². The van der Waals surface area contributed by atoms with Gasteiger partial charge in [-0.3, -0.25) is 9.59 Å². The molecule has 0 aliphatic carbocycles. The van der Waals surface area contributed by atoms with Crippen molar-refractivity contribution in [1.29, 1.82) is 0 Å². The molecule has 2 aromatic carbocycles. The number of nitrogens with one attached hydrogen (secondary N) is 2. The Labute approximate surface area is 161 Å². The Morgan fingerprint density at radius 2 is 1.86 bits per heavy atom. The van der Waals surface area contributed by atoms with Gasteiger partial charge >= 0.3 is 6.09 Å². The molecule has 2 aromatic rings. The van der Waals surface area contributed by atoms with Gasteiger partial charge in [-0.05, 0) is 29.7 Å². The first-order valence-corrected chi connectivity index (χ1v) is 8.76. The quantitative estimate of drug-likeness (QED) is 0.537. The standard InChI is InChI=1S/C20H20N2O6/c23-16(8-9-21-20(27)28-11-12-4-2-1-3-5-12)17(24)13-6-7-14-15(10-13)22-19(26)18(14)25/h1-7,10,16-17,23-24H,8-9,11H2,(H,21,27)(H,22,25,26). The van der Waals surface area contributed by atoms with Crippen molar-refractivity contribution in [3.8, 4) is 0 Å². The number of Topliss-reactive ketones (excluding diaryl/α,β-unsaturated/α-hetero) is 1. The number of aliphatic hydroxyl groups excluding tert-OH is 2. The number of hydrogen-bond donors (Lipinski definition) is 4. The molecule has 0 fully saturated rings. The maximum atomic E-state index is 11.7. The molecule has 3 rings (SSSR count). The number of aliphatic hydroxyl groups is 2. The van der Waals surface area contributed by atoms with Crippen LogP contribution in [-0.2, 0) is 16.1 Å². The second-order valence-electron chi connectivity index (χ2n) is 6.38. The largest absolute Gasteiger partial charge is 0.445 e. The average molecular weight is 384 g/mol. The van der Waals surface area contributed by atoms with Gasteiger partial charge in [0, 0.05) is 6.54 Å². The highest BCUT2D eigenvalue weighted by molar-refractivity contribution is 6.51. The van der Waals surface area contributed by atoms with Gasteiger partial charge in [-0.15, -0.1) is 0 Å². The van der Waals surface area contributed by atoms with Crippen molar-refractivity contribution in [1.82, 2.24) is 5.32 Å². The van der Waals surface area contributed by atoms with Crippen LogP contribution in [0.5, 0.6) is 0 Å². The molecule has 146 valence electrons. The molecule has 28 heavy (non-hydrogen) atoms. The maximum absolute atomic E-state index is 11.7. The van der Waals surface area contributed by atoms with Gasteiger partial charge in [-0.25, -0.2) is 4.79 Å². The van der Waals surface area contributed by atoms with E-state index in [9.17, 15) is 24.6 Å². The first-order chi connectivity index (χ1) is 13.5. The molecular weight excluding hydrogens is 364 g/mol. The summed E-state index contributed by atoms with van der Waals surface area (Å²) in [4.78, 5) is 34.6. The van der Waals surface area contributed by atoms with Crippen molar-refractivity contribution < 1.29 is 29.3 Å². The molecular formula is C20H20N2O6. The Bertz CT molecular complexity index is 884. The van der Waals surface area contributed by atoms with Crippen LogP contribution in [0.1, 0.15) is 34.0 Å². The topological polar surface area (TPSA) is 125 Å². The van der Waals surface area contributed by atoms with Gasteiger partial charge in [0.25, 0.3) is 11.7 Å². The summed E-state index contributed by atoms with van der Waals surface area (Å²) in [5.41, 5.74) is 1.75. The van der Waals surface area contributed by atoms with Crippen molar-refractivity contribution in [2.75, 3.05) is 11.9 Å². The van der Waals surface area contributed by atoms with Crippen LogP contribution < -0.4 is 10.6 Å². The Hall–Kier alpha value is -3.23. The van der Waals surface area contributed by atoms with E-state index in [4.69, 9.17) is 4.74 Å². The summed E-state index contributed by atoms with van der Waals surface area (Å²) < 4.78 is 5.06. The predicted molar refractivity (Wildman–Crippen MR) is 99.6 cm³/mol. The van der Waals surface area contributed by atoms with Gasteiger partial charge in [0.2, 0.25) is 0 Å². The second kappa shape index (κ2) is 8.64. The van der Waals surface area contributed by atoms with Gasteiger partial charge in [-0.2, -0.15) is 0 Å². The van der Waals surface area contributed by atoms with Crippen LogP contribution in [0.4, 0.5) is 10.5 Å². The fourth-order valence-electron chi connectivity index (χ4n) is 2.82. The van der Waals surface area contributed by atoms with Gasteiger partial charge in [-0.1, -0.05) is 36.4 Å². The molecule has 2 amide bonds. The second-order valence-corrected chi connectivity index (χ2v) is 6.38. The minimum absolute atomic E-state index is 0.0873. The number of rotatable bonds is 7. The van der Waals surface area contributed by atoms with E-state index in [1.54, 1.807) is 0 Å². The van der Waals surface area contributed by atoms with E-state index in [1.165, 1.54) is 18.2 Å². The lowest BCUT2D eigenvalue weighted by molar-refractivity contribution is -0.112. The van der Waals surface area contributed by atoms with Crippen LogP contribution in [0, 0.1) is 0 Å². The summed E-state index contributed by atoms with van der Waals surface area (Å²) in [5, 5.41) is 25.3. The maximum Gasteiger partial charge on any atom is 0.407 e. The third kappa shape index (κ3) is 4.54. The normalized spacial score (nSPS) is 14.8. The van der Waals surface area contributed by atoms with Gasteiger partial charge in [0.1, 0.15) is 12.7 Å². The zero-order valence-electron chi connectivity index (χ0n) is 14.9. The summed E-state index contributed by atoms with van der Waals surface area (Å²) in [6, 6.07) is 13.6. The Morgan fingerprint density at radius 1 is 1.11 bits per heavy atom. The Balaban J connectivity index is 1.45. The fourth-order valence-corrected chi connectivity index (χ4v) is 2.82. The number of alkyl carbamates (subject to hydrolysis) is 1. The molecule has 0 saturated carbocycles. The molecule has 1 aliphatic heterocycles. The van der Waals surface area contributed by atoms with Crippen molar-refractivity contribution in [3.05, 3.63) is 65.2 Å². The SMILES string of the molecule is O=C(NCCC(O)C(O)c1ccc2c(c1)NC(=O)C2=O)OCc1ccccc1. The molecule has 2 unspecified atom stereocenters. The predicted octanol–water partition coefficient (Wildman–Crippen LogP) is 1.53. The van der Waals surface area contributed by atoms with Crippen LogP contribution in [0.15, 0.2) is 48.5 Å². The van der Waals surface area contributed by atoms with E-state index in [2.05, 4.69) is 10.6 Å². The zero-order valence-corrected chi connectivity index (χ0v) is 14.9. The van der Waals surface area contributed by atoms with Gasteiger partial charge < -0.3 is 25.6 Å². The van der Waals surface area contributed by atoms with Gasteiger partial charge in [0.15, 0.2) is 0 Å². The van der Waals surface area contributed by atoms with E-state index in [0.29, 0.717) is 11.3 Å². The first kappa shape index (κ1) is 19.5. The lowest BCUT2D eigenvalue weighted by Gasteiger charge is -2.19. The van der Waals surface area contributed by atoms with Crippen molar-refractivity contribution in [2.24, 2.45) is 0 Å². The van der Waals surface area contributed by atoms with Crippen molar-refractivity contribution in [2.45, 2.75) is 25.2 Å². The lowest BCUT2D eigenvalue weighted by Crippen LogP contribution is -2.29. The van der Waals surface area contributed by atoms with E-state index >= 15 is 0 Å². The number of fused-ring (bicyclic) bond motifs is 1. The highest BCUT2D eigenvalue weighted by Gasteiger charge is 2.29. The number of benzene rings is 2. The van der Waals surface area contributed by atoms with E-state index in [0.717, 1.165) is 5.56 Å². The summed E-state index contributed by atoms with van der Waals surface area (Å²) >= 11 is 0. The molecule has 8 nitrogen and oxygen atoms in total. The molecule has 0 spiro atoms. The highest BCUT2D eigenvalue weighted by Crippen LogP contribution is 2.28. The summed E-state index contributed by atoms with van der Waals surface area (Å²) in [6.07, 6.45) is -2.92. The minimum atomic E-state index is -1.24. The number of carbonyl (C=O) groups excluding carboxylic acids is 3. The van der Waals surface area contributed by atoms with E-state index < -0.39 is 30.0 Å². The first-order valence-electron chi connectivity index (χ1n) is 8.76. The minimum Gasteiger partial charge on any atom is -0.445 e. The number of carbonyl (C=O) groups is 3. The number of anilines is 1. The van der Waals surface area contributed by atoms with Crippen LogP contribution in [0.25, 0.3) is 0 Å². The van der Waals surface area contributed by atoms with Crippen LogP contribution in [0.2, 0.25) is 0 Å². The summed E-state index contributed by atoms with van der Waals surface area (Å²) in [6.45, 7) is 0.240. The van der Waals surface area contributed by atoms with Gasteiger partial charge in [0.05, 0.1) is 17.4 Å². The Kier molecular flexibility index (Phi) is 6.03. The zero-order chi connectivity index (χ0) is 20.1. The average Bonchev–Trinajstić information content (AvgIpc) is 2.99. The molecule has 0 saturated heterocycles. The molecule has 4 N–H and O–H groups in total. The smallest absolute Gasteiger partial charge is 0.407 e. The monoisotopic (exact) mass is 384 g/mol.